The van der Waals surface area contributed by atoms with Crippen LogP contribution < -0.4 is 4.90 Å². The molecule has 4 nitrogen and oxygen atoms in total. The van der Waals surface area contributed by atoms with Crippen molar-refractivity contribution in [2.75, 3.05) is 25.1 Å². The summed E-state index contributed by atoms with van der Waals surface area (Å²) in [5.41, 5.74) is 0.884. The first-order valence-electron chi connectivity index (χ1n) is 6.87. The molecule has 1 aromatic heterocycles. The normalized spacial score (nSPS) is 23.2. The summed E-state index contributed by atoms with van der Waals surface area (Å²) in [4.78, 5) is 11.1. The minimum atomic E-state index is 0.251. The fourth-order valence-electron chi connectivity index (χ4n) is 2.80. The number of hydrogen-bond donors (Lipinski definition) is 0. The summed E-state index contributed by atoms with van der Waals surface area (Å²) in [6.07, 6.45) is 2.96. The molecule has 3 rings (SSSR count). The molecule has 1 fully saturated rings. The van der Waals surface area contributed by atoms with Crippen LogP contribution in [-0.4, -0.2) is 36.3 Å². The molecule has 106 valence electrons. The zero-order chi connectivity index (χ0) is 14.1. The molecule has 2 aromatic rings. The molecule has 2 atom stereocenters. The summed E-state index contributed by atoms with van der Waals surface area (Å²) < 4.78 is 5.58. The van der Waals surface area contributed by atoms with E-state index in [-0.39, 0.29) is 6.10 Å². The smallest absolute Gasteiger partial charge is 0.139 e. The van der Waals surface area contributed by atoms with Crippen molar-refractivity contribution < 1.29 is 4.74 Å². The number of aromatic nitrogens is 2. The van der Waals surface area contributed by atoms with Gasteiger partial charge in [0, 0.05) is 30.6 Å². The highest BCUT2D eigenvalue weighted by molar-refractivity contribution is 6.31. The lowest BCUT2D eigenvalue weighted by atomic mass is 9.95. The third kappa shape index (κ3) is 2.45. The van der Waals surface area contributed by atoms with Gasteiger partial charge in [0.15, 0.2) is 0 Å². The Balaban J connectivity index is 1.98. The minimum Gasteiger partial charge on any atom is -0.379 e. The van der Waals surface area contributed by atoms with Crippen molar-refractivity contribution >= 4 is 28.3 Å². The van der Waals surface area contributed by atoms with E-state index in [1.54, 1.807) is 13.4 Å². The van der Waals surface area contributed by atoms with Gasteiger partial charge in [-0.25, -0.2) is 9.97 Å². The van der Waals surface area contributed by atoms with Gasteiger partial charge in [0.1, 0.15) is 12.1 Å². The lowest BCUT2D eigenvalue weighted by Gasteiger charge is -2.37. The molecule has 5 heteroatoms. The minimum absolute atomic E-state index is 0.251. The molecule has 0 radical (unpaired) electrons. The van der Waals surface area contributed by atoms with Crippen molar-refractivity contribution in [1.29, 1.82) is 0 Å². The summed E-state index contributed by atoms with van der Waals surface area (Å²) in [5, 5.41) is 1.74. The van der Waals surface area contributed by atoms with E-state index in [2.05, 4.69) is 21.8 Å². The molecular weight excluding hydrogens is 274 g/mol. The number of benzene rings is 1. The molecule has 0 N–H and O–H groups in total. The second kappa shape index (κ2) is 5.54. The molecule has 0 aliphatic carbocycles. The van der Waals surface area contributed by atoms with Crippen molar-refractivity contribution in [3.05, 3.63) is 29.5 Å². The van der Waals surface area contributed by atoms with Crippen LogP contribution in [0.3, 0.4) is 0 Å². The number of hydrogen-bond acceptors (Lipinski definition) is 4. The lowest BCUT2D eigenvalue weighted by molar-refractivity contribution is 0.0497. The Bertz CT molecular complexity index is 619. The Labute approximate surface area is 123 Å². The number of nitrogens with zero attached hydrogens (tertiary/aromatic N) is 3. The van der Waals surface area contributed by atoms with E-state index in [9.17, 15) is 0 Å². The van der Waals surface area contributed by atoms with Crippen molar-refractivity contribution in [2.24, 2.45) is 5.92 Å². The molecule has 20 heavy (non-hydrogen) atoms. The maximum atomic E-state index is 6.03. The first-order chi connectivity index (χ1) is 9.69. The topological polar surface area (TPSA) is 38.2 Å². The van der Waals surface area contributed by atoms with E-state index in [0.717, 1.165) is 36.2 Å². The van der Waals surface area contributed by atoms with Gasteiger partial charge in [-0.15, -0.1) is 0 Å². The number of piperidine rings is 1. The van der Waals surface area contributed by atoms with E-state index in [4.69, 9.17) is 16.3 Å². The van der Waals surface area contributed by atoms with Crippen molar-refractivity contribution in [2.45, 2.75) is 19.4 Å². The first-order valence-corrected chi connectivity index (χ1v) is 7.25. The van der Waals surface area contributed by atoms with Crippen LogP contribution in [0.5, 0.6) is 0 Å². The van der Waals surface area contributed by atoms with E-state index >= 15 is 0 Å². The van der Waals surface area contributed by atoms with Crippen molar-refractivity contribution in [1.82, 2.24) is 9.97 Å². The molecular formula is C15H18ClN3O. The summed E-state index contributed by atoms with van der Waals surface area (Å²) in [7, 11) is 1.78. The first kappa shape index (κ1) is 13.6. The standard InChI is InChI=1S/C15H18ClN3O/c1-10-5-6-19(8-14(10)20-2)15-12-4-3-11(16)7-13(12)17-9-18-15/h3-4,7,9-10,14H,5-6,8H2,1-2H3. The van der Waals surface area contributed by atoms with Gasteiger partial charge >= 0.3 is 0 Å². The van der Waals surface area contributed by atoms with E-state index in [1.165, 1.54) is 0 Å². The molecule has 2 unspecified atom stereocenters. The third-order valence-corrected chi connectivity index (χ3v) is 4.30. The highest BCUT2D eigenvalue weighted by atomic mass is 35.5. The zero-order valence-corrected chi connectivity index (χ0v) is 12.5. The molecule has 1 saturated heterocycles. The van der Waals surface area contributed by atoms with Crippen LogP contribution in [0.15, 0.2) is 24.5 Å². The highest BCUT2D eigenvalue weighted by Crippen LogP contribution is 2.29. The number of rotatable bonds is 2. The lowest BCUT2D eigenvalue weighted by Crippen LogP contribution is -2.44. The largest absolute Gasteiger partial charge is 0.379 e. The number of ether oxygens (including phenoxy) is 1. The average Bonchev–Trinajstić information content (AvgIpc) is 2.47. The Hall–Kier alpha value is -1.39. The third-order valence-electron chi connectivity index (χ3n) is 4.07. The van der Waals surface area contributed by atoms with E-state index in [1.807, 2.05) is 18.2 Å². The molecule has 1 aliphatic heterocycles. The summed E-state index contributed by atoms with van der Waals surface area (Å²) in [6.45, 7) is 4.10. The number of methoxy groups -OCH3 is 1. The molecule has 1 aromatic carbocycles. The van der Waals surface area contributed by atoms with Gasteiger partial charge in [-0.1, -0.05) is 18.5 Å². The van der Waals surface area contributed by atoms with Crippen LogP contribution in [-0.2, 0) is 4.74 Å². The van der Waals surface area contributed by atoms with Crippen LogP contribution in [0.1, 0.15) is 13.3 Å². The Morgan fingerprint density at radius 3 is 3.00 bits per heavy atom. The quantitative estimate of drug-likeness (QED) is 0.852. The van der Waals surface area contributed by atoms with Crippen LogP contribution >= 0.6 is 11.6 Å². The Morgan fingerprint density at radius 1 is 1.35 bits per heavy atom. The predicted octanol–water partition coefficient (Wildman–Crippen LogP) is 3.14. The molecule has 2 heterocycles. The molecule has 0 saturated carbocycles. The van der Waals surface area contributed by atoms with Gasteiger partial charge in [0.05, 0.1) is 11.6 Å². The molecule has 1 aliphatic rings. The second-order valence-electron chi connectivity index (χ2n) is 5.34. The molecule has 0 spiro atoms. The van der Waals surface area contributed by atoms with Crippen LogP contribution in [0.2, 0.25) is 5.02 Å². The number of fused-ring (bicyclic) bond motifs is 1. The van der Waals surface area contributed by atoms with Crippen molar-refractivity contribution in [3.8, 4) is 0 Å². The van der Waals surface area contributed by atoms with Gasteiger partial charge in [-0.05, 0) is 30.5 Å². The average molecular weight is 292 g/mol. The van der Waals surface area contributed by atoms with Crippen LogP contribution in [0.25, 0.3) is 10.9 Å². The van der Waals surface area contributed by atoms with Gasteiger partial charge < -0.3 is 9.64 Å². The van der Waals surface area contributed by atoms with Crippen LogP contribution in [0.4, 0.5) is 5.82 Å². The van der Waals surface area contributed by atoms with Crippen molar-refractivity contribution in [3.63, 3.8) is 0 Å². The predicted molar refractivity (Wildman–Crippen MR) is 81.3 cm³/mol. The van der Waals surface area contributed by atoms with Gasteiger partial charge in [-0.3, -0.25) is 0 Å². The SMILES string of the molecule is COC1CN(c2ncnc3cc(Cl)ccc23)CCC1C. The molecule has 0 amide bonds. The number of anilines is 1. The fourth-order valence-corrected chi connectivity index (χ4v) is 2.97. The summed E-state index contributed by atoms with van der Waals surface area (Å²) >= 11 is 6.03. The molecule has 0 bridgehead atoms. The summed E-state index contributed by atoms with van der Waals surface area (Å²) in [6, 6.07) is 5.76. The summed E-state index contributed by atoms with van der Waals surface area (Å²) in [5.74, 6) is 1.56. The maximum absolute atomic E-state index is 6.03. The van der Waals surface area contributed by atoms with Gasteiger partial charge in [0.25, 0.3) is 0 Å². The fraction of sp³-hybridized carbons (Fsp3) is 0.467. The zero-order valence-electron chi connectivity index (χ0n) is 11.7. The monoisotopic (exact) mass is 291 g/mol. The Morgan fingerprint density at radius 2 is 2.20 bits per heavy atom. The van der Waals surface area contributed by atoms with Crippen LogP contribution in [0, 0.1) is 5.92 Å². The van der Waals surface area contributed by atoms with E-state index < -0.39 is 0 Å². The van der Waals surface area contributed by atoms with Gasteiger partial charge in [0.2, 0.25) is 0 Å². The Kier molecular flexibility index (Phi) is 3.76. The maximum Gasteiger partial charge on any atom is 0.139 e. The van der Waals surface area contributed by atoms with Gasteiger partial charge in [-0.2, -0.15) is 0 Å². The second-order valence-corrected chi connectivity index (χ2v) is 5.78. The number of halogens is 1. The highest BCUT2D eigenvalue weighted by Gasteiger charge is 2.27. The van der Waals surface area contributed by atoms with E-state index in [0.29, 0.717) is 10.9 Å².